The molecule has 7 heteroatoms. The van der Waals surface area contributed by atoms with E-state index in [-0.39, 0.29) is 17.1 Å². The molecule has 0 aliphatic carbocycles. The minimum atomic E-state index is -0.458. The molecule has 124 valence electrons. The van der Waals surface area contributed by atoms with Crippen LogP contribution in [0.15, 0.2) is 18.3 Å². The number of aromatic nitrogens is 1. The minimum absolute atomic E-state index is 0.0613. The molecule has 2 aliphatic rings. The molecule has 23 heavy (non-hydrogen) atoms. The molecule has 2 saturated heterocycles. The van der Waals surface area contributed by atoms with Gasteiger partial charge in [0, 0.05) is 24.7 Å². The third kappa shape index (κ3) is 3.13. The van der Waals surface area contributed by atoms with Gasteiger partial charge in [-0.05, 0) is 33.8 Å². The second-order valence-corrected chi connectivity index (χ2v) is 6.97. The molecule has 0 spiro atoms. The number of carbonyl (C=O) groups excluding carboxylic acids is 1. The third-order valence-electron chi connectivity index (χ3n) is 4.83. The van der Waals surface area contributed by atoms with Gasteiger partial charge in [-0.3, -0.25) is 9.78 Å². The zero-order valence-corrected chi connectivity index (χ0v) is 14.2. The maximum Gasteiger partial charge on any atom is 0.496 e. The lowest BCUT2D eigenvalue weighted by Crippen LogP contribution is -2.41. The lowest BCUT2D eigenvalue weighted by Gasteiger charge is -2.32. The summed E-state index contributed by atoms with van der Waals surface area (Å²) in [5.41, 5.74) is 0.481. The van der Waals surface area contributed by atoms with Crippen molar-refractivity contribution in [2.75, 3.05) is 26.3 Å². The third-order valence-corrected chi connectivity index (χ3v) is 4.83. The first-order valence-electron chi connectivity index (χ1n) is 7.99. The zero-order valence-electron chi connectivity index (χ0n) is 14.2. The summed E-state index contributed by atoms with van der Waals surface area (Å²) in [6.45, 7) is 10.4. The first-order valence-corrected chi connectivity index (χ1v) is 7.99. The number of carbonyl (C=O) groups is 1. The fourth-order valence-electron chi connectivity index (χ4n) is 2.58. The molecule has 3 rings (SSSR count). The number of ether oxygens (including phenoxy) is 1. The molecule has 2 fully saturated rings. The van der Waals surface area contributed by atoms with Crippen LogP contribution in [-0.2, 0) is 14.0 Å². The fraction of sp³-hybridized carbons (Fsp3) is 0.625. The van der Waals surface area contributed by atoms with Crippen LogP contribution in [0.1, 0.15) is 38.2 Å². The molecular weight excluding hydrogens is 295 g/mol. The van der Waals surface area contributed by atoms with Gasteiger partial charge in [0.05, 0.1) is 24.4 Å². The molecule has 0 aromatic carbocycles. The number of amides is 1. The molecule has 3 heterocycles. The number of nitrogens with zero attached hydrogens (tertiary/aromatic N) is 2. The van der Waals surface area contributed by atoms with Crippen LogP contribution in [0.2, 0.25) is 0 Å². The van der Waals surface area contributed by atoms with Gasteiger partial charge in [-0.1, -0.05) is 6.07 Å². The average Bonchev–Trinajstić information content (AvgIpc) is 2.76. The van der Waals surface area contributed by atoms with E-state index in [0.29, 0.717) is 32.0 Å². The van der Waals surface area contributed by atoms with Gasteiger partial charge in [0.1, 0.15) is 5.69 Å². The number of hydrogen-bond donors (Lipinski definition) is 0. The normalized spacial score (nSPS) is 23.1. The first kappa shape index (κ1) is 16.4. The molecule has 0 bridgehead atoms. The number of hydrogen-bond acceptors (Lipinski definition) is 5. The van der Waals surface area contributed by atoms with Gasteiger partial charge in [0.2, 0.25) is 0 Å². The van der Waals surface area contributed by atoms with Gasteiger partial charge in [-0.25, -0.2) is 0 Å². The maximum atomic E-state index is 12.4. The van der Waals surface area contributed by atoms with E-state index >= 15 is 0 Å². The van der Waals surface area contributed by atoms with Crippen molar-refractivity contribution in [2.45, 2.75) is 38.9 Å². The Kier molecular flexibility index (Phi) is 4.20. The van der Waals surface area contributed by atoms with Crippen molar-refractivity contribution in [3.63, 3.8) is 0 Å². The molecule has 1 amide bonds. The number of morpholine rings is 1. The van der Waals surface area contributed by atoms with Crippen molar-refractivity contribution in [1.82, 2.24) is 9.88 Å². The van der Waals surface area contributed by atoms with Gasteiger partial charge in [-0.2, -0.15) is 0 Å². The molecular formula is C16H23BN2O4. The van der Waals surface area contributed by atoms with Crippen LogP contribution in [0.3, 0.4) is 0 Å². The van der Waals surface area contributed by atoms with Gasteiger partial charge >= 0.3 is 7.12 Å². The fourth-order valence-corrected chi connectivity index (χ4v) is 2.58. The molecule has 0 unspecified atom stereocenters. The van der Waals surface area contributed by atoms with Crippen molar-refractivity contribution in [2.24, 2.45) is 0 Å². The van der Waals surface area contributed by atoms with E-state index < -0.39 is 7.12 Å². The van der Waals surface area contributed by atoms with Crippen LogP contribution >= 0.6 is 0 Å². The van der Waals surface area contributed by atoms with Crippen molar-refractivity contribution in [3.8, 4) is 0 Å². The standard InChI is InChI=1S/C16H23BN2O4/c1-15(2)16(3,4)23-17(22-15)12-5-6-13(18-11-12)14(20)19-7-9-21-10-8-19/h5-6,11H,7-10H2,1-4H3. The largest absolute Gasteiger partial charge is 0.496 e. The Morgan fingerprint density at radius 2 is 1.74 bits per heavy atom. The Morgan fingerprint density at radius 1 is 1.13 bits per heavy atom. The van der Waals surface area contributed by atoms with Crippen LogP contribution in [-0.4, -0.2) is 60.4 Å². The quantitative estimate of drug-likeness (QED) is 0.757. The monoisotopic (exact) mass is 318 g/mol. The summed E-state index contributed by atoms with van der Waals surface area (Å²) in [5, 5.41) is 0. The van der Waals surface area contributed by atoms with E-state index in [1.54, 1.807) is 17.2 Å². The van der Waals surface area contributed by atoms with Crippen molar-refractivity contribution in [1.29, 1.82) is 0 Å². The highest BCUT2D eigenvalue weighted by atomic mass is 16.7. The summed E-state index contributed by atoms with van der Waals surface area (Å²) in [4.78, 5) is 18.4. The Balaban J connectivity index is 1.71. The number of pyridine rings is 1. The van der Waals surface area contributed by atoms with Crippen molar-refractivity contribution >= 4 is 18.5 Å². The van der Waals surface area contributed by atoms with E-state index in [1.165, 1.54) is 0 Å². The van der Waals surface area contributed by atoms with Crippen LogP contribution in [0.5, 0.6) is 0 Å². The van der Waals surface area contributed by atoms with Crippen molar-refractivity contribution < 1.29 is 18.8 Å². The first-order chi connectivity index (χ1) is 10.8. The smallest absolute Gasteiger partial charge is 0.399 e. The Labute approximate surface area is 137 Å². The van der Waals surface area contributed by atoms with Gasteiger partial charge < -0.3 is 18.9 Å². The SMILES string of the molecule is CC1(C)OB(c2ccc(C(=O)N3CCOCC3)nc2)OC1(C)C. The Hall–Kier alpha value is -1.44. The van der Waals surface area contributed by atoms with E-state index in [1.807, 2.05) is 33.8 Å². The summed E-state index contributed by atoms with van der Waals surface area (Å²) in [7, 11) is -0.458. The predicted molar refractivity (Wildman–Crippen MR) is 86.7 cm³/mol. The average molecular weight is 318 g/mol. The van der Waals surface area contributed by atoms with Gasteiger partial charge in [0.25, 0.3) is 5.91 Å². The van der Waals surface area contributed by atoms with E-state index in [4.69, 9.17) is 14.0 Å². The topological polar surface area (TPSA) is 60.9 Å². The molecule has 0 atom stereocenters. The van der Waals surface area contributed by atoms with Crippen LogP contribution < -0.4 is 5.46 Å². The molecule has 1 aromatic heterocycles. The van der Waals surface area contributed by atoms with E-state index in [0.717, 1.165) is 5.46 Å². The lowest BCUT2D eigenvalue weighted by molar-refractivity contribution is 0.00578. The second kappa shape index (κ2) is 5.89. The molecule has 0 radical (unpaired) electrons. The maximum absolute atomic E-state index is 12.4. The molecule has 0 N–H and O–H groups in total. The zero-order chi connectivity index (χ0) is 16.7. The van der Waals surface area contributed by atoms with Crippen LogP contribution in [0.4, 0.5) is 0 Å². The molecule has 1 aromatic rings. The van der Waals surface area contributed by atoms with Crippen molar-refractivity contribution in [3.05, 3.63) is 24.0 Å². The molecule has 0 saturated carbocycles. The second-order valence-electron chi connectivity index (χ2n) is 6.97. The predicted octanol–water partition coefficient (Wildman–Crippen LogP) is 0.853. The van der Waals surface area contributed by atoms with Crippen LogP contribution in [0, 0.1) is 0 Å². The summed E-state index contributed by atoms with van der Waals surface area (Å²) >= 11 is 0. The molecule has 2 aliphatic heterocycles. The highest BCUT2D eigenvalue weighted by Crippen LogP contribution is 2.36. The lowest BCUT2D eigenvalue weighted by atomic mass is 9.80. The summed E-state index contributed by atoms with van der Waals surface area (Å²) in [6.07, 6.45) is 1.66. The Morgan fingerprint density at radius 3 is 2.26 bits per heavy atom. The molecule has 6 nitrogen and oxygen atoms in total. The highest BCUT2D eigenvalue weighted by molar-refractivity contribution is 6.62. The van der Waals surface area contributed by atoms with E-state index in [9.17, 15) is 4.79 Å². The summed E-state index contributed by atoms with van der Waals surface area (Å²) in [5.74, 6) is -0.0613. The van der Waals surface area contributed by atoms with Gasteiger partial charge in [0.15, 0.2) is 0 Å². The van der Waals surface area contributed by atoms with Crippen LogP contribution in [0.25, 0.3) is 0 Å². The van der Waals surface area contributed by atoms with E-state index in [2.05, 4.69) is 4.98 Å². The highest BCUT2D eigenvalue weighted by Gasteiger charge is 2.51. The number of rotatable bonds is 2. The minimum Gasteiger partial charge on any atom is -0.399 e. The summed E-state index contributed by atoms with van der Waals surface area (Å²) in [6, 6.07) is 3.58. The Bertz CT molecular complexity index is 566. The van der Waals surface area contributed by atoms with Gasteiger partial charge in [-0.15, -0.1) is 0 Å². The summed E-state index contributed by atoms with van der Waals surface area (Å²) < 4.78 is 17.2.